The van der Waals surface area contributed by atoms with E-state index in [4.69, 9.17) is 23.2 Å². The summed E-state index contributed by atoms with van der Waals surface area (Å²) in [4.78, 5) is 1.33. The monoisotopic (exact) mass is 455 g/mol. The van der Waals surface area contributed by atoms with E-state index < -0.39 is 29.9 Å². The fourth-order valence-corrected chi connectivity index (χ4v) is 4.35. The predicted octanol–water partition coefficient (Wildman–Crippen LogP) is 7.29. The number of aryl methyl sites for hydroxylation is 1. The first kappa shape index (κ1) is 22.1. The Morgan fingerprint density at radius 3 is 2.10 bits per heavy atom. The average molecular weight is 456 g/mol. The van der Waals surface area contributed by atoms with E-state index in [1.54, 1.807) is 6.92 Å². The Balaban J connectivity index is 2.04. The third-order valence-electron chi connectivity index (χ3n) is 5.37. The highest BCUT2D eigenvalue weighted by molar-refractivity contribution is 6.34. The highest BCUT2D eigenvalue weighted by Crippen LogP contribution is 2.50. The molecule has 3 rings (SSSR count). The summed E-state index contributed by atoms with van der Waals surface area (Å²) in [6, 6.07) is 7.45. The zero-order valence-electron chi connectivity index (χ0n) is 15.3. The molecule has 2 aromatic carbocycles. The van der Waals surface area contributed by atoms with Crippen molar-refractivity contribution in [1.29, 1.82) is 0 Å². The lowest BCUT2D eigenvalue weighted by Gasteiger charge is -2.33. The van der Waals surface area contributed by atoms with Crippen molar-refractivity contribution in [2.75, 3.05) is 18.0 Å². The zero-order valence-corrected chi connectivity index (χ0v) is 16.8. The van der Waals surface area contributed by atoms with Crippen LogP contribution in [0.4, 0.5) is 32.0 Å². The van der Waals surface area contributed by atoms with Gasteiger partial charge in [-0.15, -0.1) is 0 Å². The number of anilines is 1. The molecule has 1 nitrogen and oxygen atoms in total. The lowest BCUT2D eigenvalue weighted by atomic mass is 9.79. The normalized spacial score (nSPS) is 20.4. The molecule has 0 saturated carbocycles. The number of halogens is 8. The molecule has 0 spiro atoms. The van der Waals surface area contributed by atoms with Crippen LogP contribution in [0, 0.1) is 0 Å². The van der Waals surface area contributed by atoms with Crippen molar-refractivity contribution in [1.82, 2.24) is 0 Å². The maximum atomic E-state index is 14.1. The maximum Gasteiger partial charge on any atom is 0.416 e. The van der Waals surface area contributed by atoms with Gasteiger partial charge in [0, 0.05) is 28.8 Å². The molecule has 1 aliphatic heterocycles. The van der Waals surface area contributed by atoms with Crippen LogP contribution in [0.5, 0.6) is 0 Å². The van der Waals surface area contributed by atoms with Crippen LogP contribution in [0.25, 0.3) is 0 Å². The van der Waals surface area contributed by atoms with Gasteiger partial charge in [-0.25, -0.2) is 0 Å². The van der Waals surface area contributed by atoms with Gasteiger partial charge >= 0.3 is 12.4 Å². The molecule has 1 aliphatic rings. The summed E-state index contributed by atoms with van der Waals surface area (Å²) in [5, 5.41) is 0.141. The Morgan fingerprint density at radius 1 is 0.966 bits per heavy atom. The highest BCUT2D eigenvalue weighted by atomic mass is 35.5. The number of rotatable bonds is 3. The van der Waals surface area contributed by atoms with E-state index in [9.17, 15) is 26.3 Å². The fourth-order valence-electron chi connectivity index (χ4n) is 3.82. The van der Waals surface area contributed by atoms with Gasteiger partial charge in [0.2, 0.25) is 0 Å². The molecule has 0 bridgehead atoms. The van der Waals surface area contributed by atoms with Crippen molar-refractivity contribution >= 4 is 28.9 Å². The van der Waals surface area contributed by atoms with Crippen LogP contribution in [-0.2, 0) is 18.0 Å². The molecule has 1 fully saturated rings. The van der Waals surface area contributed by atoms with E-state index in [1.807, 2.05) is 0 Å². The molecule has 2 aromatic rings. The van der Waals surface area contributed by atoms with E-state index >= 15 is 0 Å². The largest absolute Gasteiger partial charge is 0.416 e. The molecule has 1 heterocycles. The van der Waals surface area contributed by atoms with E-state index in [0.717, 1.165) is 6.07 Å². The Morgan fingerprint density at radius 2 is 1.59 bits per heavy atom. The van der Waals surface area contributed by atoms with Crippen molar-refractivity contribution < 1.29 is 26.3 Å². The molecule has 0 amide bonds. The van der Waals surface area contributed by atoms with Gasteiger partial charge in [-0.2, -0.15) is 26.3 Å². The summed E-state index contributed by atoms with van der Waals surface area (Å²) in [5.74, 6) is 0. The molecule has 0 aliphatic carbocycles. The standard InChI is InChI=1S/C20H17Cl2F6N/c1-2-12-3-4-16(10-17(12)19(23,24)25)29-6-5-18(11-29,20(26,27)28)13-7-14(21)9-15(22)8-13/h3-4,7-10H,2,5-6,11H2,1H3. The van der Waals surface area contributed by atoms with Gasteiger partial charge in [-0.05, 0) is 54.3 Å². The quantitative estimate of drug-likeness (QED) is 0.439. The summed E-state index contributed by atoms with van der Waals surface area (Å²) < 4.78 is 82.6. The van der Waals surface area contributed by atoms with E-state index in [-0.39, 0.29) is 46.2 Å². The summed E-state index contributed by atoms with van der Waals surface area (Å²) in [5.41, 5.74) is -2.99. The Kier molecular flexibility index (Phi) is 5.78. The van der Waals surface area contributed by atoms with Gasteiger partial charge in [0.1, 0.15) is 5.41 Å². The Labute approximate surface area is 174 Å². The Bertz CT molecular complexity index is 889. The molecule has 1 unspecified atom stereocenters. The molecule has 9 heteroatoms. The molecule has 0 N–H and O–H groups in total. The minimum Gasteiger partial charge on any atom is -0.370 e. The second kappa shape index (κ2) is 7.58. The van der Waals surface area contributed by atoms with Gasteiger partial charge in [-0.3, -0.25) is 0 Å². The maximum absolute atomic E-state index is 14.1. The lowest BCUT2D eigenvalue weighted by molar-refractivity contribution is -0.184. The molecule has 1 saturated heterocycles. The van der Waals surface area contributed by atoms with Gasteiger partial charge in [0.05, 0.1) is 5.56 Å². The number of hydrogen-bond acceptors (Lipinski definition) is 1. The molecule has 29 heavy (non-hydrogen) atoms. The van der Waals surface area contributed by atoms with Crippen LogP contribution in [0.3, 0.4) is 0 Å². The molecule has 1 atom stereocenters. The van der Waals surface area contributed by atoms with Crippen LogP contribution in [0.1, 0.15) is 30.0 Å². The predicted molar refractivity (Wildman–Crippen MR) is 102 cm³/mol. The van der Waals surface area contributed by atoms with Gasteiger partial charge < -0.3 is 4.90 Å². The second-order valence-electron chi connectivity index (χ2n) is 7.10. The zero-order chi connectivity index (χ0) is 21.6. The van der Waals surface area contributed by atoms with E-state index in [1.165, 1.54) is 35.2 Å². The smallest absolute Gasteiger partial charge is 0.370 e. The van der Waals surface area contributed by atoms with Gasteiger partial charge in [0.15, 0.2) is 0 Å². The molecular formula is C20H17Cl2F6N. The van der Waals surface area contributed by atoms with Crippen LogP contribution < -0.4 is 4.90 Å². The highest BCUT2D eigenvalue weighted by Gasteiger charge is 2.59. The number of nitrogens with zero attached hydrogens (tertiary/aromatic N) is 1. The number of alkyl halides is 6. The van der Waals surface area contributed by atoms with Gasteiger partial charge in [-0.1, -0.05) is 36.2 Å². The number of hydrogen-bond donors (Lipinski definition) is 0. The first-order valence-corrected chi connectivity index (χ1v) is 9.61. The molecule has 158 valence electrons. The molecule has 0 aromatic heterocycles. The fraction of sp³-hybridized carbons (Fsp3) is 0.400. The van der Waals surface area contributed by atoms with Crippen molar-refractivity contribution in [3.05, 3.63) is 63.1 Å². The first-order chi connectivity index (χ1) is 13.4. The topological polar surface area (TPSA) is 3.24 Å². The first-order valence-electron chi connectivity index (χ1n) is 8.86. The summed E-state index contributed by atoms with van der Waals surface area (Å²) in [6.45, 7) is 1.03. The van der Waals surface area contributed by atoms with Crippen molar-refractivity contribution in [2.45, 2.75) is 37.5 Å². The van der Waals surface area contributed by atoms with Crippen molar-refractivity contribution in [3.63, 3.8) is 0 Å². The SMILES string of the molecule is CCc1ccc(N2CCC(c3cc(Cl)cc(Cl)c3)(C(F)(F)F)C2)cc1C(F)(F)F. The minimum absolute atomic E-state index is 0.0492. The third-order valence-corrected chi connectivity index (χ3v) is 5.81. The van der Waals surface area contributed by atoms with Crippen molar-refractivity contribution in [2.24, 2.45) is 0 Å². The summed E-state index contributed by atoms with van der Waals surface area (Å²) >= 11 is 11.8. The van der Waals surface area contributed by atoms with Crippen LogP contribution >= 0.6 is 23.2 Å². The average Bonchev–Trinajstić information content (AvgIpc) is 3.06. The van der Waals surface area contributed by atoms with E-state index in [2.05, 4.69) is 0 Å². The van der Waals surface area contributed by atoms with Gasteiger partial charge in [0.25, 0.3) is 0 Å². The second-order valence-corrected chi connectivity index (χ2v) is 7.98. The Hall–Kier alpha value is -1.60. The van der Waals surface area contributed by atoms with Crippen molar-refractivity contribution in [3.8, 4) is 0 Å². The number of benzene rings is 2. The summed E-state index contributed by atoms with van der Waals surface area (Å²) in [6.07, 6.45) is -9.36. The third kappa shape index (κ3) is 4.17. The molecular weight excluding hydrogens is 439 g/mol. The van der Waals surface area contributed by atoms with Crippen LogP contribution in [-0.4, -0.2) is 19.3 Å². The van der Waals surface area contributed by atoms with Crippen LogP contribution in [0.2, 0.25) is 10.0 Å². The summed E-state index contributed by atoms with van der Waals surface area (Å²) in [7, 11) is 0. The van der Waals surface area contributed by atoms with Crippen LogP contribution in [0.15, 0.2) is 36.4 Å². The molecule has 0 radical (unpaired) electrons. The van der Waals surface area contributed by atoms with E-state index in [0.29, 0.717) is 0 Å². The minimum atomic E-state index is -4.63. The lowest BCUT2D eigenvalue weighted by Crippen LogP contribution is -2.44.